The van der Waals surface area contributed by atoms with E-state index in [0.29, 0.717) is 21.8 Å². The quantitative estimate of drug-likeness (QED) is 0.475. The van der Waals surface area contributed by atoms with E-state index in [1.165, 1.54) is 0 Å². The molecular weight excluding hydrogens is 368 g/mol. The van der Waals surface area contributed by atoms with E-state index < -0.39 is 5.97 Å². The van der Waals surface area contributed by atoms with Crippen molar-refractivity contribution in [1.82, 2.24) is 9.47 Å². The van der Waals surface area contributed by atoms with Crippen molar-refractivity contribution in [3.05, 3.63) is 58.8 Å². The Morgan fingerprint density at radius 3 is 1.86 bits per heavy atom. The van der Waals surface area contributed by atoms with E-state index in [2.05, 4.69) is 0 Å². The van der Waals surface area contributed by atoms with Gasteiger partial charge in [-0.3, -0.25) is 14.4 Å². The van der Waals surface area contributed by atoms with Crippen molar-refractivity contribution in [3.63, 3.8) is 0 Å². The lowest BCUT2D eigenvalue weighted by molar-refractivity contribution is -0.154. The second-order valence-corrected chi connectivity index (χ2v) is 7.60. The first-order valence-electron chi connectivity index (χ1n) is 9.78. The Morgan fingerprint density at radius 2 is 1.38 bits per heavy atom. The van der Waals surface area contributed by atoms with Gasteiger partial charge in [-0.2, -0.15) is 0 Å². The summed E-state index contributed by atoms with van der Waals surface area (Å²) in [6, 6.07) is 14.4. The van der Waals surface area contributed by atoms with E-state index in [1.807, 2.05) is 39.8 Å². The molecule has 152 valence electrons. The van der Waals surface area contributed by atoms with Crippen molar-refractivity contribution in [1.29, 1.82) is 0 Å². The number of hydrogen-bond acceptors (Lipinski definition) is 4. The van der Waals surface area contributed by atoms with E-state index in [1.54, 1.807) is 45.9 Å². The highest BCUT2D eigenvalue weighted by Gasteiger charge is 2.21. The Hall–Kier alpha value is -3.15. The number of esters is 1. The number of carbonyl (C=O) groups excluding carboxylic acids is 2. The number of rotatable bonds is 6. The zero-order valence-corrected chi connectivity index (χ0v) is 17.2. The Morgan fingerprint density at radius 1 is 0.897 bits per heavy atom. The van der Waals surface area contributed by atoms with Crippen LogP contribution in [0.1, 0.15) is 27.7 Å². The number of benzene rings is 2. The number of fused-ring (bicyclic) bond motifs is 2. The summed E-state index contributed by atoms with van der Waals surface area (Å²) < 4.78 is 7.05. The normalized spacial score (nSPS) is 11.4. The molecule has 0 atom stereocenters. The van der Waals surface area contributed by atoms with Crippen LogP contribution in [-0.4, -0.2) is 40.0 Å². The van der Waals surface area contributed by atoms with Crippen molar-refractivity contribution < 1.29 is 14.3 Å². The molecule has 1 amide bonds. The molecule has 0 bridgehead atoms. The highest BCUT2D eigenvalue weighted by Crippen LogP contribution is 2.19. The van der Waals surface area contributed by atoms with Gasteiger partial charge >= 0.3 is 5.97 Å². The molecule has 6 heteroatoms. The largest absolute Gasteiger partial charge is 0.454 e. The van der Waals surface area contributed by atoms with Gasteiger partial charge in [0.25, 0.3) is 5.91 Å². The number of aromatic nitrogens is 1. The predicted octanol–water partition coefficient (Wildman–Crippen LogP) is 3.34. The smallest absolute Gasteiger partial charge is 0.326 e. The summed E-state index contributed by atoms with van der Waals surface area (Å²) >= 11 is 0. The minimum atomic E-state index is -0.523. The fourth-order valence-corrected chi connectivity index (χ4v) is 3.81. The molecule has 0 radical (unpaired) electrons. The molecule has 6 nitrogen and oxygen atoms in total. The summed E-state index contributed by atoms with van der Waals surface area (Å²) in [5, 5.41) is 1.08. The summed E-state index contributed by atoms with van der Waals surface area (Å²) in [7, 11) is 0. The topological polar surface area (TPSA) is 68.6 Å². The third-order valence-corrected chi connectivity index (χ3v) is 4.92. The zero-order chi connectivity index (χ0) is 21.1. The third kappa shape index (κ3) is 4.16. The Labute approximate surface area is 169 Å². The predicted molar refractivity (Wildman–Crippen MR) is 114 cm³/mol. The lowest BCUT2D eigenvalue weighted by Gasteiger charge is -2.30. The maximum atomic E-state index is 12.8. The van der Waals surface area contributed by atoms with Crippen LogP contribution in [-0.2, 0) is 20.9 Å². The van der Waals surface area contributed by atoms with Crippen LogP contribution in [0.4, 0.5) is 0 Å². The van der Waals surface area contributed by atoms with Crippen molar-refractivity contribution in [2.45, 2.75) is 46.3 Å². The zero-order valence-electron chi connectivity index (χ0n) is 17.2. The molecule has 0 fully saturated rings. The maximum Gasteiger partial charge on any atom is 0.326 e. The molecule has 0 unspecified atom stereocenters. The van der Waals surface area contributed by atoms with Gasteiger partial charge in [-0.1, -0.05) is 24.3 Å². The molecule has 0 aliphatic rings. The van der Waals surface area contributed by atoms with Crippen LogP contribution >= 0.6 is 0 Å². The Bertz CT molecular complexity index is 1050. The Kier molecular flexibility index (Phi) is 6.01. The molecule has 2 aromatic carbocycles. The minimum absolute atomic E-state index is 0.0214. The van der Waals surface area contributed by atoms with Gasteiger partial charge in [0.2, 0.25) is 0 Å². The molecule has 0 N–H and O–H groups in total. The van der Waals surface area contributed by atoms with Crippen LogP contribution < -0.4 is 5.43 Å². The number of amides is 1. The molecule has 1 aromatic heterocycles. The van der Waals surface area contributed by atoms with Gasteiger partial charge in [0.15, 0.2) is 12.0 Å². The molecule has 1 heterocycles. The Balaban J connectivity index is 1.88. The van der Waals surface area contributed by atoms with Crippen LogP contribution in [0, 0.1) is 0 Å². The fraction of sp³-hybridized carbons (Fsp3) is 0.348. The molecule has 0 aliphatic heterocycles. The highest BCUT2D eigenvalue weighted by atomic mass is 16.5. The van der Waals surface area contributed by atoms with E-state index in [9.17, 15) is 14.4 Å². The molecule has 0 saturated carbocycles. The first-order chi connectivity index (χ1) is 13.8. The van der Waals surface area contributed by atoms with E-state index >= 15 is 0 Å². The number of nitrogens with zero attached hydrogens (tertiary/aromatic N) is 2. The second-order valence-electron chi connectivity index (χ2n) is 7.60. The number of para-hydroxylation sites is 2. The summed E-state index contributed by atoms with van der Waals surface area (Å²) in [6.07, 6.45) is 0. The maximum absolute atomic E-state index is 12.8. The first-order valence-corrected chi connectivity index (χ1v) is 9.78. The van der Waals surface area contributed by atoms with Crippen LogP contribution in [0.2, 0.25) is 0 Å². The van der Waals surface area contributed by atoms with Crippen LogP contribution in [0.5, 0.6) is 0 Å². The van der Waals surface area contributed by atoms with Crippen molar-refractivity contribution in [2.24, 2.45) is 0 Å². The van der Waals surface area contributed by atoms with Crippen LogP contribution in [0.25, 0.3) is 21.8 Å². The fourth-order valence-electron chi connectivity index (χ4n) is 3.81. The van der Waals surface area contributed by atoms with Crippen LogP contribution in [0.3, 0.4) is 0 Å². The third-order valence-electron chi connectivity index (χ3n) is 4.92. The van der Waals surface area contributed by atoms with Gasteiger partial charge in [0, 0.05) is 22.9 Å². The summed E-state index contributed by atoms with van der Waals surface area (Å²) in [6.45, 7) is 7.33. The van der Waals surface area contributed by atoms with E-state index in [-0.39, 0.29) is 36.6 Å². The average molecular weight is 394 g/mol. The number of hydrogen-bond donors (Lipinski definition) is 0. The van der Waals surface area contributed by atoms with Gasteiger partial charge in [-0.25, -0.2) is 0 Å². The molecule has 3 aromatic rings. The molecule has 0 spiro atoms. The first kappa shape index (κ1) is 20.6. The summed E-state index contributed by atoms with van der Waals surface area (Å²) in [5.41, 5.74) is 1.25. The van der Waals surface area contributed by atoms with Crippen LogP contribution in [0.15, 0.2) is 53.3 Å². The lowest BCUT2D eigenvalue weighted by atomic mass is 10.1. The molecule has 3 rings (SSSR count). The minimum Gasteiger partial charge on any atom is -0.454 e. The lowest BCUT2D eigenvalue weighted by Crippen LogP contribution is -2.44. The van der Waals surface area contributed by atoms with Gasteiger partial charge in [-0.05, 0) is 52.0 Å². The highest BCUT2D eigenvalue weighted by molar-refractivity contribution is 5.94. The molecule has 0 saturated heterocycles. The van der Waals surface area contributed by atoms with Crippen molar-refractivity contribution >= 4 is 33.7 Å². The molecular formula is C23H26N2O4. The average Bonchev–Trinajstić information content (AvgIpc) is 2.69. The summed E-state index contributed by atoms with van der Waals surface area (Å²) in [4.78, 5) is 39.5. The standard InChI is InChI=1S/C23H26N2O4/c1-15(2)25(16(3)4)21(26)14-29-22(27)13-24-19-11-7-5-9-17(19)23(28)18-10-6-8-12-20(18)24/h5-12,15-16H,13-14H2,1-4H3. The van der Waals surface area contributed by atoms with Crippen molar-refractivity contribution in [3.8, 4) is 0 Å². The molecule has 0 aliphatic carbocycles. The summed E-state index contributed by atoms with van der Waals surface area (Å²) in [5.74, 6) is -0.747. The van der Waals surface area contributed by atoms with E-state index in [0.717, 1.165) is 0 Å². The second kappa shape index (κ2) is 8.47. The van der Waals surface area contributed by atoms with Gasteiger partial charge in [-0.15, -0.1) is 0 Å². The van der Waals surface area contributed by atoms with Gasteiger partial charge in [0.05, 0.1) is 11.0 Å². The number of pyridine rings is 1. The van der Waals surface area contributed by atoms with Crippen molar-refractivity contribution in [2.75, 3.05) is 6.61 Å². The SMILES string of the molecule is CC(C)N(C(=O)COC(=O)Cn1c2ccccc2c(=O)c2ccccc21)C(C)C. The monoisotopic (exact) mass is 394 g/mol. The van der Waals surface area contributed by atoms with E-state index in [4.69, 9.17) is 4.74 Å². The molecule has 29 heavy (non-hydrogen) atoms. The van der Waals surface area contributed by atoms with Gasteiger partial charge < -0.3 is 14.2 Å². The number of ether oxygens (including phenoxy) is 1. The van der Waals surface area contributed by atoms with Gasteiger partial charge in [0.1, 0.15) is 6.54 Å². The number of carbonyl (C=O) groups is 2.